The molecule has 2 aromatic rings. The molecule has 0 spiro atoms. The van der Waals surface area contributed by atoms with Gasteiger partial charge in [0.05, 0.1) is 6.54 Å². The van der Waals surface area contributed by atoms with Gasteiger partial charge >= 0.3 is 0 Å². The molecule has 23 heavy (non-hydrogen) atoms. The normalized spacial score (nSPS) is 12.4. The van der Waals surface area contributed by atoms with Crippen molar-refractivity contribution < 1.29 is 4.79 Å². The van der Waals surface area contributed by atoms with Gasteiger partial charge in [-0.15, -0.1) is 11.3 Å². The zero-order valence-electron chi connectivity index (χ0n) is 13.9. The summed E-state index contributed by atoms with van der Waals surface area (Å²) >= 11 is 1.47. The molecule has 0 saturated carbocycles. The number of aromatic nitrogens is 2. The molecule has 2 aromatic heterocycles. The van der Waals surface area contributed by atoms with Crippen LogP contribution in [-0.4, -0.2) is 41.0 Å². The maximum atomic E-state index is 12.7. The van der Waals surface area contributed by atoms with Gasteiger partial charge in [0.2, 0.25) is 0 Å². The number of rotatable bonds is 6. The van der Waals surface area contributed by atoms with E-state index in [1.165, 1.54) is 11.3 Å². The predicted octanol–water partition coefficient (Wildman–Crippen LogP) is 1.67. The van der Waals surface area contributed by atoms with E-state index in [9.17, 15) is 9.59 Å². The maximum absolute atomic E-state index is 12.7. The number of nitrogens with zero attached hydrogens (tertiary/aromatic N) is 3. The minimum atomic E-state index is -0.353. The van der Waals surface area contributed by atoms with E-state index in [0.29, 0.717) is 12.1 Å². The van der Waals surface area contributed by atoms with E-state index in [-0.39, 0.29) is 23.1 Å². The van der Waals surface area contributed by atoms with Crippen molar-refractivity contribution in [2.24, 2.45) is 0 Å². The van der Waals surface area contributed by atoms with Crippen LogP contribution in [0.3, 0.4) is 0 Å². The molecule has 0 fully saturated rings. The third kappa shape index (κ3) is 4.27. The molecule has 2 heterocycles. The first-order valence-electron chi connectivity index (χ1n) is 7.43. The molecule has 0 saturated heterocycles. The molecule has 0 aliphatic heterocycles. The van der Waals surface area contributed by atoms with E-state index >= 15 is 0 Å². The molecule has 124 valence electrons. The zero-order chi connectivity index (χ0) is 17.0. The number of pyridine rings is 1. The van der Waals surface area contributed by atoms with Gasteiger partial charge in [0.1, 0.15) is 10.6 Å². The number of carbonyl (C=O) groups excluding carboxylic acids is 1. The summed E-state index contributed by atoms with van der Waals surface area (Å²) in [4.78, 5) is 31.2. The molecule has 6 nitrogen and oxygen atoms in total. The van der Waals surface area contributed by atoms with Crippen LogP contribution < -0.4 is 10.9 Å². The van der Waals surface area contributed by atoms with Crippen molar-refractivity contribution in [3.05, 3.63) is 50.3 Å². The quantitative estimate of drug-likeness (QED) is 0.872. The largest absolute Gasteiger partial charge is 0.345 e. The van der Waals surface area contributed by atoms with Crippen LogP contribution in [0.25, 0.3) is 0 Å². The molecule has 7 heteroatoms. The van der Waals surface area contributed by atoms with Crippen molar-refractivity contribution in [3.8, 4) is 0 Å². The summed E-state index contributed by atoms with van der Waals surface area (Å²) in [5, 5.41) is 5.44. The standard InChI is InChI=1S/C16H22N4O2S/c1-11-5-7-20(12(2)10-19(3)4)16(22)14(11)15(21)18-9-13-17-6-8-23-13/h5-8,12H,9-10H2,1-4H3,(H,18,21). The van der Waals surface area contributed by atoms with Crippen LogP contribution in [0.15, 0.2) is 28.6 Å². The highest BCUT2D eigenvalue weighted by Gasteiger charge is 2.18. The van der Waals surface area contributed by atoms with E-state index in [0.717, 1.165) is 11.6 Å². The summed E-state index contributed by atoms with van der Waals surface area (Å²) in [5.74, 6) is -0.353. The summed E-state index contributed by atoms with van der Waals surface area (Å²) in [7, 11) is 3.91. The van der Waals surface area contributed by atoms with E-state index in [1.807, 2.05) is 37.4 Å². The Morgan fingerprint density at radius 2 is 2.22 bits per heavy atom. The van der Waals surface area contributed by atoms with Crippen molar-refractivity contribution in [3.63, 3.8) is 0 Å². The Balaban J connectivity index is 2.23. The first-order chi connectivity index (χ1) is 10.9. The first-order valence-corrected chi connectivity index (χ1v) is 8.31. The topological polar surface area (TPSA) is 67.2 Å². The number of hydrogen-bond donors (Lipinski definition) is 1. The van der Waals surface area contributed by atoms with Crippen LogP contribution in [-0.2, 0) is 6.54 Å². The summed E-state index contributed by atoms with van der Waals surface area (Å²) < 4.78 is 1.62. The third-order valence-electron chi connectivity index (χ3n) is 3.54. The number of thiazole rings is 1. The monoisotopic (exact) mass is 334 g/mol. The minimum Gasteiger partial charge on any atom is -0.345 e. The fourth-order valence-electron chi connectivity index (χ4n) is 2.47. The van der Waals surface area contributed by atoms with Crippen LogP contribution in [0, 0.1) is 6.92 Å². The van der Waals surface area contributed by atoms with Gasteiger partial charge < -0.3 is 14.8 Å². The third-order valence-corrected chi connectivity index (χ3v) is 4.32. The number of hydrogen-bond acceptors (Lipinski definition) is 5. The molecule has 0 radical (unpaired) electrons. The van der Waals surface area contributed by atoms with Crippen LogP contribution in [0.2, 0.25) is 0 Å². The highest BCUT2D eigenvalue weighted by atomic mass is 32.1. The van der Waals surface area contributed by atoms with Crippen LogP contribution in [0.5, 0.6) is 0 Å². The van der Waals surface area contributed by atoms with Gasteiger partial charge in [-0.05, 0) is 39.6 Å². The van der Waals surface area contributed by atoms with Gasteiger partial charge in [0, 0.05) is 30.4 Å². The highest BCUT2D eigenvalue weighted by Crippen LogP contribution is 2.09. The Bertz CT molecular complexity index is 722. The van der Waals surface area contributed by atoms with E-state index in [1.54, 1.807) is 23.9 Å². The van der Waals surface area contributed by atoms with Crippen molar-refractivity contribution in [1.82, 2.24) is 19.8 Å². The lowest BCUT2D eigenvalue weighted by Gasteiger charge is -2.20. The van der Waals surface area contributed by atoms with Crippen molar-refractivity contribution in [2.45, 2.75) is 26.4 Å². The minimum absolute atomic E-state index is 0.0105. The van der Waals surface area contributed by atoms with E-state index < -0.39 is 0 Å². The van der Waals surface area contributed by atoms with Crippen LogP contribution in [0.4, 0.5) is 0 Å². The lowest BCUT2D eigenvalue weighted by molar-refractivity contribution is 0.0948. The van der Waals surface area contributed by atoms with Gasteiger partial charge in [-0.3, -0.25) is 9.59 Å². The number of nitrogens with one attached hydrogen (secondary N) is 1. The van der Waals surface area contributed by atoms with Crippen molar-refractivity contribution in [1.29, 1.82) is 0 Å². The van der Waals surface area contributed by atoms with Gasteiger partial charge in [-0.2, -0.15) is 0 Å². The van der Waals surface area contributed by atoms with Crippen molar-refractivity contribution in [2.75, 3.05) is 20.6 Å². The Kier molecular flexibility index (Phi) is 5.68. The fourth-order valence-corrected chi connectivity index (χ4v) is 3.02. The number of aryl methyl sites for hydroxylation is 1. The second-order valence-electron chi connectivity index (χ2n) is 5.81. The summed E-state index contributed by atoms with van der Waals surface area (Å²) in [6.07, 6.45) is 3.44. The fraction of sp³-hybridized carbons (Fsp3) is 0.438. The molecule has 1 N–H and O–H groups in total. The number of amides is 1. The molecule has 0 aliphatic carbocycles. The average Bonchev–Trinajstić information content (AvgIpc) is 2.97. The highest BCUT2D eigenvalue weighted by molar-refractivity contribution is 7.09. The van der Waals surface area contributed by atoms with Gasteiger partial charge in [-0.1, -0.05) is 0 Å². The Morgan fingerprint density at radius 1 is 1.48 bits per heavy atom. The Morgan fingerprint density at radius 3 is 2.83 bits per heavy atom. The Hall–Kier alpha value is -1.99. The van der Waals surface area contributed by atoms with Gasteiger partial charge in [0.25, 0.3) is 11.5 Å². The second-order valence-corrected chi connectivity index (χ2v) is 6.79. The van der Waals surface area contributed by atoms with E-state index in [2.05, 4.69) is 10.3 Å². The second kappa shape index (κ2) is 7.52. The predicted molar refractivity (Wildman–Crippen MR) is 92.0 cm³/mol. The maximum Gasteiger partial charge on any atom is 0.263 e. The zero-order valence-corrected chi connectivity index (χ0v) is 14.7. The van der Waals surface area contributed by atoms with Gasteiger partial charge in [-0.25, -0.2) is 4.98 Å². The molecule has 1 atom stereocenters. The Labute approximate surface area is 139 Å². The number of likely N-dealkylation sites (N-methyl/N-ethyl adjacent to an activating group) is 1. The van der Waals surface area contributed by atoms with Crippen LogP contribution in [0.1, 0.15) is 33.9 Å². The van der Waals surface area contributed by atoms with Crippen LogP contribution >= 0.6 is 11.3 Å². The molecular formula is C16H22N4O2S. The SMILES string of the molecule is Cc1ccn(C(C)CN(C)C)c(=O)c1C(=O)NCc1nccs1. The smallest absolute Gasteiger partial charge is 0.263 e. The summed E-state index contributed by atoms with van der Waals surface area (Å²) in [6, 6.07) is 1.80. The molecular weight excluding hydrogens is 312 g/mol. The molecule has 1 amide bonds. The first kappa shape index (κ1) is 17.4. The summed E-state index contributed by atoms with van der Waals surface area (Å²) in [6.45, 7) is 4.80. The number of carbonyl (C=O) groups is 1. The van der Waals surface area contributed by atoms with Crippen molar-refractivity contribution >= 4 is 17.2 Å². The molecule has 0 bridgehead atoms. The lowest BCUT2D eigenvalue weighted by atomic mass is 10.1. The molecule has 1 unspecified atom stereocenters. The molecule has 2 rings (SSSR count). The van der Waals surface area contributed by atoms with E-state index in [4.69, 9.17) is 0 Å². The molecule has 0 aromatic carbocycles. The lowest BCUT2D eigenvalue weighted by Crippen LogP contribution is -2.36. The molecule has 0 aliphatic rings. The average molecular weight is 334 g/mol. The summed E-state index contributed by atoms with van der Waals surface area (Å²) in [5.41, 5.74) is 0.630. The van der Waals surface area contributed by atoms with Gasteiger partial charge in [0.15, 0.2) is 0 Å².